The lowest BCUT2D eigenvalue weighted by atomic mass is 10.2. The van der Waals surface area contributed by atoms with Gasteiger partial charge in [-0.3, -0.25) is 0 Å². The first-order valence-corrected chi connectivity index (χ1v) is 8.05. The summed E-state index contributed by atoms with van der Waals surface area (Å²) >= 11 is 6.90. The third-order valence-electron chi connectivity index (χ3n) is 2.82. The highest BCUT2D eigenvalue weighted by Gasteiger charge is 2.34. The normalized spacial score (nSPS) is 27.2. The topological polar surface area (TPSA) is 49.4 Å². The van der Waals surface area contributed by atoms with Crippen LogP contribution in [-0.2, 0) is 10.0 Å². The van der Waals surface area contributed by atoms with Gasteiger partial charge in [0, 0.05) is 25.2 Å². The van der Waals surface area contributed by atoms with E-state index in [1.807, 2.05) is 13.8 Å². The Hall–Kier alpha value is -0.140. The molecule has 1 N–H and O–H groups in total. The van der Waals surface area contributed by atoms with E-state index in [0.717, 1.165) is 11.3 Å². The summed E-state index contributed by atoms with van der Waals surface area (Å²) in [5, 5.41) is 3.26. The minimum atomic E-state index is -3.40. The van der Waals surface area contributed by atoms with Gasteiger partial charge in [0.25, 0.3) is 10.0 Å². The van der Waals surface area contributed by atoms with E-state index in [1.54, 1.807) is 16.4 Å². The van der Waals surface area contributed by atoms with Crippen molar-refractivity contribution in [3.05, 3.63) is 16.5 Å². The molecule has 96 valence electrons. The van der Waals surface area contributed by atoms with Gasteiger partial charge in [0.2, 0.25) is 0 Å². The molecule has 0 radical (unpaired) electrons. The molecule has 2 atom stereocenters. The zero-order chi connectivity index (χ0) is 12.6. The molecule has 0 amide bonds. The van der Waals surface area contributed by atoms with Crippen molar-refractivity contribution < 1.29 is 8.42 Å². The Morgan fingerprint density at radius 2 is 2.18 bits per heavy atom. The van der Waals surface area contributed by atoms with Crippen LogP contribution in [-0.4, -0.2) is 37.9 Å². The van der Waals surface area contributed by atoms with Crippen molar-refractivity contribution >= 4 is 33.0 Å². The number of nitrogens with zero attached hydrogens (tertiary/aromatic N) is 1. The molecule has 1 fully saturated rings. The van der Waals surface area contributed by atoms with Gasteiger partial charge in [-0.15, -0.1) is 11.3 Å². The van der Waals surface area contributed by atoms with Crippen LogP contribution in [0.4, 0.5) is 0 Å². The van der Waals surface area contributed by atoms with E-state index in [1.165, 1.54) is 0 Å². The maximum atomic E-state index is 12.4. The molecule has 7 heteroatoms. The predicted octanol–water partition coefficient (Wildman–Crippen LogP) is 1.77. The Bertz CT molecular complexity index is 500. The summed E-state index contributed by atoms with van der Waals surface area (Å²) in [6, 6.07) is 3.34. The van der Waals surface area contributed by atoms with Gasteiger partial charge < -0.3 is 5.32 Å². The minimum absolute atomic E-state index is 0.0305. The molecule has 1 aliphatic rings. The average Bonchev–Trinajstić information content (AvgIpc) is 2.69. The standard InChI is InChI=1S/C10H15ClN2O2S2/c1-7-6-13(8(2)5-12-7)17(14,15)10-4-3-9(11)16-10/h3-4,7-8,12H,5-6H2,1-2H3. The molecular formula is C10H15ClN2O2S2. The highest BCUT2D eigenvalue weighted by Crippen LogP contribution is 2.29. The summed E-state index contributed by atoms with van der Waals surface area (Å²) in [4.78, 5) is 0. The van der Waals surface area contributed by atoms with Crippen molar-refractivity contribution in [2.45, 2.75) is 30.1 Å². The Balaban J connectivity index is 2.31. The van der Waals surface area contributed by atoms with Crippen LogP contribution in [0.1, 0.15) is 13.8 Å². The van der Waals surface area contributed by atoms with Crippen LogP contribution in [0.25, 0.3) is 0 Å². The lowest BCUT2D eigenvalue weighted by Crippen LogP contribution is -2.55. The number of nitrogens with one attached hydrogen (secondary N) is 1. The first kappa shape index (κ1) is 13.3. The second kappa shape index (κ2) is 4.85. The summed E-state index contributed by atoms with van der Waals surface area (Å²) in [6.07, 6.45) is 0. The van der Waals surface area contributed by atoms with E-state index in [-0.39, 0.29) is 12.1 Å². The molecule has 2 heterocycles. The van der Waals surface area contributed by atoms with E-state index < -0.39 is 10.0 Å². The number of rotatable bonds is 2. The van der Waals surface area contributed by atoms with Gasteiger partial charge in [0.15, 0.2) is 0 Å². The number of thiophene rings is 1. The quantitative estimate of drug-likeness (QED) is 0.904. The number of halogens is 1. The van der Waals surface area contributed by atoms with Crippen LogP contribution in [0.5, 0.6) is 0 Å². The molecule has 0 spiro atoms. The largest absolute Gasteiger partial charge is 0.311 e. The Labute approximate surface area is 111 Å². The van der Waals surface area contributed by atoms with Crippen molar-refractivity contribution in [3.63, 3.8) is 0 Å². The van der Waals surface area contributed by atoms with Crippen molar-refractivity contribution in [3.8, 4) is 0 Å². The molecule has 2 unspecified atom stereocenters. The average molecular weight is 295 g/mol. The van der Waals surface area contributed by atoms with E-state index in [2.05, 4.69) is 5.32 Å². The molecule has 1 aromatic rings. The van der Waals surface area contributed by atoms with Gasteiger partial charge in [-0.2, -0.15) is 4.31 Å². The lowest BCUT2D eigenvalue weighted by molar-refractivity contribution is 0.245. The summed E-state index contributed by atoms with van der Waals surface area (Å²) in [5.74, 6) is 0. The number of piperazine rings is 1. The summed E-state index contributed by atoms with van der Waals surface area (Å²) < 4.78 is 27.2. The van der Waals surface area contributed by atoms with E-state index in [4.69, 9.17) is 11.6 Å². The van der Waals surface area contributed by atoms with Crippen molar-refractivity contribution in [2.75, 3.05) is 13.1 Å². The molecule has 0 aliphatic carbocycles. The number of hydrogen-bond acceptors (Lipinski definition) is 4. The smallest absolute Gasteiger partial charge is 0.252 e. The Kier molecular flexibility index (Phi) is 3.80. The third-order valence-corrected chi connectivity index (χ3v) is 6.50. The monoisotopic (exact) mass is 294 g/mol. The van der Waals surface area contributed by atoms with Crippen LogP contribution >= 0.6 is 22.9 Å². The molecule has 0 aromatic carbocycles. The summed E-state index contributed by atoms with van der Waals surface area (Å²) in [5.41, 5.74) is 0. The lowest BCUT2D eigenvalue weighted by Gasteiger charge is -2.36. The number of sulfonamides is 1. The van der Waals surface area contributed by atoms with Crippen LogP contribution < -0.4 is 5.32 Å². The van der Waals surface area contributed by atoms with Crippen molar-refractivity contribution in [2.24, 2.45) is 0 Å². The summed E-state index contributed by atoms with van der Waals surface area (Å²) in [7, 11) is -3.40. The zero-order valence-electron chi connectivity index (χ0n) is 9.68. The van der Waals surface area contributed by atoms with Crippen molar-refractivity contribution in [1.29, 1.82) is 0 Å². The molecule has 4 nitrogen and oxygen atoms in total. The van der Waals surface area contributed by atoms with Gasteiger partial charge in [-0.25, -0.2) is 8.42 Å². The molecule has 0 saturated carbocycles. The predicted molar refractivity (Wildman–Crippen MR) is 70.1 cm³/mol. The maximum absolute atomic E-state index is 12.4. The SMILES string of the molecule is CC1CN(S(=O)(=O)c2ccc(Cl)s2)C(C)CN1. The molecule has 2 rings (SSSR count). The van der Waals surface area contributed by atoms with E-state index in [9.17, 15) is 8.42 Å². The molecule has 0 bridgehead atoms. The highest BCUT2D eigenvalue weighted by atomic mass is 35.5. The van der Waals surface area contributed by atoms with Crippen LogP contribution in [0.15, 0.2) is 16.3 Å². The molecular weight excluding hydrogens is 280 g/mol. The zero-order valence-corrected chi connectivity index (χ0v) is 12.1. The Morgan fingerprint density at radius 1 is 1.47 bits per heavy atom. The van der Waals surface area contributed by atoms with Crippen LogP contribution in [0, 0.1) is 0 Å². The van der Waals surface area contributed by atoms with Gasteiger partial charge >= 0.3 is 0 Å². The minimum Gasteiger partial charge on any atom is -0.311 e. The van der Waals surface area contributed by atoms with Gasteiger partial charge in [0.1, 0.15) is 4.21 Å². The van der Waals surface area contributed by atoms with Crippen LogP contribution in [0.3, 0.4) is 0 Å². The van der Waals surface area contributed by atoms with Gasteiger partial charge in [-0.1, -0.05) is 11.6 Å². The van der Waals surface area contributed by atoms with Crippen molar-refractivity contribution in [1.82, 2.24) is 9.62 Å². The fourth-order valence-electron chi connectivity index (χ4n) is 1.87. The third kappa shape index (κ3) is 2.66. The number of hydrogen-bond donors (Lipinski definition) is 1. The highest BCUT2D eigenvalue weighted by molar-refractivity contribution is 7.91. The fourth-order valence-corrected chi connectivity index (χ4v) is 5.21. The second-order valence-corrected chi connectivity index (χ2v) is 8.12. The van der Waals surface area contributed by atoms with E-state index in [0.29, 0.717) is 21.6 Å². The van der Waals surface area contributed by atoms with Crippen LogP contribution in [0.2, 0.25) is 4.34 Å². The van der Waals surface area contributed by atoms with E-state index >= 15 is 0 Å². The Morgan fingerprint density at radius 3 is 2.76 bits per heavy atom. The van der Waals surface area contributed by atoms with Gasteiger partial charge in [0.05, 0.1) is 4.34 Å². The maximum Gasteiger partial charge on any atom is 0.252 e. The molecule has 1 saturated heterocycles. The molecule has 17 heavy (non-hydrogen) atoms. The van der Waals surface area contributed by atoms with Gasteiger partial charge in [-0.05, 0) is 26.0 Å². The summed E-state index contributed by atoms with van der Waals surface area (Å²) in [6.45, 7) is 5.07. The first-order valence-electron chi connectivity index (χ1n) is 5.42. The second-order valence-electron chi connectivity index (χ2n) is 4.29. The first-order chi connectivity index (χ1) is 7.91. The molecule has 1 aliphatic heterocycles. The fraction of sp³-hybridized carbons (Fsp3) is 0.600. The molecule has 1 aromatic heterocycles.